The predicted octanol–water partition coefficient (Wildman–Crippen LogP) is 2.98. The van der Waals surface area contributed by atoms with Gasteiger partial charge in [-0.15, -0.1) is 24.0 Å². The van der Waals surface area contributed by atoms with Crippen LogP contribution < -0.4 is 24.8 Å². The van der Waals surface area contributed by atoms with Crippen LogP contribution in [0.4, 0.5) is 0 Å². The number of esters is 1. The van der Waals surface area contributed by atoms with Crippen molar-refractivity contribution >= 4 is 35.9 Å². The molecule has 9 heteroatoms. The summed E-state index contributed by atoms with van der Waals surface area (Å²) in [5.41, 5.74) is 2.23. The minimum atomic E-state index is -0.446. The van der Waals surface area contributed by atoms with Gasteiger partial charge in [0.1, 0.15) is 22.8 Å². The van der Waals surface area contributed by atoms with E-state index in [1.165, 1.54) is 14.2 Å². The highest BCUT2D eigenvalue weighted by molar-refractivity contribution is 14.0. The third-order valence-corrected chi connectivity index (χ3v) is 4.29. The van der Waals surface area contributed by atoms with Gasteiger partial charge in [0.2, 0.25) is 0 Å². The normalized spacial score (nSPS) is 10.5. The summed E-state index contributed by atoms with van der Waals surface area (Å²) in [6.45, 7) is 0.982. The highest BCUT2D eigenvalue weighted by Gasteiger charge is 2.13. The lowest BCUT2D eigenvalue weighted by atomic mass is 10.1. The summed E-state index contributed by atoms with van der Waals surface area (Å²) in [5, 5.41) is 6.46. The average Bonchev–Trinajstić information content (AvgIpc) is 2.78. The molecule has 30 heavy (non-hydrogen) atoms. The Hall–Kier alpha value is -2.69. The van der Waals surface area contributed by atoms with Crippen LogP contribution in [0.3, 0.4) is 0 Å². The van der Waals surface area contributed by atoms with Gasteiger partial charge in [-0.05, 0) is 29.8 Å². The lowest BCUT2D eigenvalue weighted by Gasteiger charge is -2.15. The van der Waals surface area contributed by atoms with Crippen molar-refractivity contribution in [3.8, 4) is 17.2 Å². The average molecular weight is 529 g/mol. The number of ether oxygens (including phenoxy) is 4. The molecule has 0 aliphatic rings. The molecule has 0 saturated carbocycles. The summed E-state index contributed by atoms with van der Waals surface area (Å²) in [4.78, 5) is 16.2. The molecular formula is C21H28IN3O5. The summed E-state index contributed by atoms with van der Waals surface area (Å²) in [6, 6.07) is 11.0. The first-order chi connectivity index (χ1) is 14.1. The van der Waals surface area contributed by atoms with Gasteiger partial charge >= 0.3 is 5.97 Å². The number of hydrogen-bond acceptors (Lipinski definition) is 6. The lowest BCUT2D eigenvalue weighted by Crippen LogP contribution is -2.36. The van der Waals surface area contributed by atoms with E-state index in [4.69, 9.17) is 18.9 Å². The maximum absolute atomic E-state index is 11.9. The molecule has 0 aliphatic heterocycles. The van der Waals surface area contributed by atoms with Crippen molar-refractivity contribution in [2.75, 3.05) is 35.5 Å². The fraction of sp³-hybridized carbons (Fsp3) is 0.333. The van der Waals surface area contributed by atoms with Crippen LogP contribution in [0.5, 0.6) is 17.2 Å². The molecule has 0 fully saturated rings. The number of guanidine groups is 1. The van der Waals surface area contributed by atoms with Crippen molar-refractivity contribution in [3.05, 3.63) is 53.1 Å². The second kappa shape index (κ2) is 12.8. The number of nitrogens with zero attached hydrogens (tertiary/aromatic N) is 1. The molecule has 0 aliphatic carbocycles. The first-order valence-corrected chi connectivity index (χ1v) is 8.96. The number of nitrogens with one attached hydrogen (secondary N) is 2. The number of aliphatic imine (C=N–C) groups is 1. The Balaban J connectivity index is 0.00000450. The van der Waals surface area contributed by atoms with Crippen LogP contribution in [0.1, 0.15) is 21.5 Å². The number of carbonyl (C=O) groups is 1. The van der Waals surface area contributed by atoms with Gasteiger partial charge in [-0.3, -0.25) is 4.99 Å². The van der Waals surface area contributed by atoms with E-state index in [2.05, 4.69) is 15.6 Å². The minimum absolute atomic E-state index is 0. The van der Waals surface area contributed by atoms with E-state index in [0.29, 0.717) is 30.4 Å². The molecule has 2 rings (SSSR count). The highest BCUT2D eigenvalue weighted by atomic mass is 127. The number of halogens is 1. The number of benzene rings is 2. The second-order valence-electron chi connectivity index (χ2n) is 5.98. The van der Waals surface area contributed by atoms with Crippen LogP contribution in [0.2, 0.25) is 0 Å². The smallest absolute Gasteiger partial charge is 0.341 e. The van der Waals surface area contributed by atoms with Crippen LogP contribution in [0.15, 0.2) is 41.4 Å². The van der Waals surface area contributed by atoms with E-state index in [0.717, 1.165) is 22.6 Å². The van der Waals surface area contributed by atoms with Gasteiger partial charge in [0.05, 0.1) is 28.4 Å². The van der Waals surface area contributed by atoms with E-state index in [9.17, 15) is 4.79 Å². The zero-order valence-corrected chi connectivity index (χ0v) is 20.1. The number of carbonyl (C=O) groups excluding carboxylic acids is 1. The molecule has 164 valence electrons. The van der Waals surface area contributed by atoms with Crippen LogP contribution in [-0.2, 0) is 17.8 Å². The van der Waals surface area contributed by atoms with E-state index >= 15 is 0 Å². The van der Waals surface area contributed by atoms with Gasteiger partial charge in [-0.25, -0.2) is 4.79 Å². The molecule has 2 aromatic carbocycles. The molecular weight excluding hydrogens is 501 g/mol. The molecule has 0 bridgehead atoms. The Kier molecular flexibility index (Phi) is 10.8. The molecule has 0 amide bonds. The summed E-state index contributed by atoms with van der Waals surface area (Å²) in [7, 11) is 7.77. The lowest BCUT2D eigenvalue weighted by molar-refractivity contribution is 0.0597. The molecule has 2 N–H and O–H groups in total. The molecule has 2 aromatic rings. The Morgan fingerprint density at radius 2 is 1.60 bits per heavy atom. The van der Waals surface area contributed by atoms with Crippen LogP contribution in [0.25, 0.3) is 0 Å². The third-order valence-electron chi connectivity index (χ3n) is 4.29. The summed E-state index contributed by atoms with van der Waals surface area (Å²) < 4.78 is 20.7. The Morgan fingerprint density at radius 1 is 0.900 bits per heavy atom. The summed E-state index contributed by atoms with van der Waals surface area (Å²) in [6.07, 6.45) is 0. The predicted molar refractivity (Wildman–Crippen MR) is 126 cm³/mol. The molecule has 0 spiro atoms. The van der Waals surface area contributed by atoms with Crippen molar-refractivity contribution in [2.45, 2.75) is 13.1 Å². The number of hydrogen-bond donors (Lipinski definition) is 2. The zero-order valence-electron chi connectivity index (χ0n) is 17.8. The number of rotatable bonds is 8. The Labute approximate surface area is 194 Å². The number of methoxy groups -OCH3 is 4. The van der Waals surface area contributed by atoms with Gasteiger partial charge in [0.25, 0.3) is 0 Å². The van der Waals surface area contributed by atoms with Crippen LogP contribution in [-0.4, -0.2) is 47.4 Å². The largest absolute Gasteiger partial charge is 0.497 e. The van der Waals surface area contributed by atoms with E-state index in [-0.39, 0.29) is 24.0 Å². The fourth-order valence-corrected chi connectivity index (χ4v) is 2.72. The fourth-order valence-electron chi connectivity index (χ4n) is 2.72. The molecule has 0 unspecified atom stereocenters. The summed E-state index contributed by atoms with van der Waals surface area (Å²) >= 11 is 0. The first kappa shape index (κ1) is 25.3. The van der Waals surface area contributed by atoms with E-state index in [1.807, 2.05) is 24.3 Å². The highest BCUT2D eigenvalue weighted by Crippen LogP contribution is 2.24. The molecule has 8 nitrogen and oxygen atoms in total. The van der Waals surface area contributed by atoms with Crippen molar-refractivity contribution in [1.29, 1.82) is 0 Å². The molecule has 0 aromatic heterocycles. The van der Waals surface area contributed by atoms with Crippen molar-refractivity contribution < 1.29 is 23.7 Å². The van der Waals surface area contributed by atoms with Gasteiger partial charge in [0, 0.05) is 31.8 Å². The van der Waals surface area contributed by atoms with Gasteiger partial charge in [0.15, 0.2) is 5.96 Å². The van der Waals surface area contributed by atoms with Crippen molar-refractivity contribution in [2.24, 2.45) is 4.99 Å². The summed E-state index contributed by atoms with van der Waals surface area (Å²) in [5.74, 6) is 2.09. The molecule has 0 saturated heterocycles. The second-order valence-corrected chi connectivity index (χ2v) is 5.98. The van der Waals surface area contributed by atoms with Gasteiger partial charge in [-0.1, -0.05) is 6.07 Å². The van der Waals surface area contributed by atoms with Crippen molar-refractivity contribution in [1.82, 2.24) is 10.6 Å². The topological polar surface area (TPSA) is 90.4 Å². The Morgan fingerprint density at radius 3 is 2.20 bits per heavy atom. The van der Waals surface area contributed by atoms with Crippen LogP contribution >= 0.6 is 24.0 Å². The maximum Gasteiger partial charge on any atom is 0.341 e. The Bertz CT molecular complexity index is 874. The zero-order chi connectivity index (χ0) is 21.2. The van der Waals surface area contributed by atoms with Gasteiger partial charge in [-0.2, -0.15) is 0 Å². The third kappa shape index (κ3) is 6.68. The van der Waals surface area contributed by atoms with Crippen molar-refractivity contribution in [3.63, 3.8) is 0 Å². The van der Waals surface area contributed by atoms with Crippen LogP contribution in [0, 0.1) is 0 Å². The molecule has 0 heterocycles. The van der Waals surface area contributed by atoms with E-state index < -0.39 is 5.97 Å². The quantitative estimate of drug-likeness (QED) is 0.235. The molecule has 0 atom stereocenters. The molecule has 0 radical (unpaired) electrons. The van der Waals surface area contributed by atoms with Gasteiger partial charge < -0.3 is 29.6 Å². The minimum Gasteiger partial charge on any atom is -0.497 e. The monoisotopic (exact) mass is 529 g/mol. The van der Waals surface area contributed by atoms with E-state index in [1.54, 1.807) is 33.4 Å². The maximum atomic E-state index is 11.9. The SMILES string of the molecule is CN=C(NCc1ccc(OC)c(C(=O)OC)c1)NCc1ccc(OC)cc1OC.I. The first-order valence-electron chi connectivity index (χ1n) is 8.96. The standard InChI is InChI=1S/C21H27N3O5.HI/c1-22-21(24-13-15-7-8-16(26-2)11-19(15)28-4)23-12-14-6-9-18(27-3)17(10-14)20(25)29-5;/h6-11H,12-13H2,1-5H3,(H2,22,23,24);1H.